The van der Waals surface area contributed by atoms with Crippen LogP contribution in [0.4, 0.5) is 0 Å². The van der Waals surface area contributed by atoms with Gasteiger partial charge in [0.05, 0.1) is 11.7 Å². The van der Waals surface area contributed by atoms with E-state index in [9.17, 15) is 0 Å². The van der Waals surface area contributed by atoms with Gasteiger partial charge in [-0.25, -0.2) is 0 Å². The molecule has 108 valence electrons. The van der Waals surface area contributed by atoms with E-state index in [-0.39, 0.29) is 6.29 Å². The molecular weight excluding hydrogens is 243 g/mol. The summed E-state index contributed by atoms with van der Waals surface area (Å²) in [4.78, 5) is 0. The van der Waals surface area contributed by atoms with E-state index in [1.54, 1.807) is 0 Å². The fraction of sp³-hybridized carbons (Fsp3) is 1.00. The van der Waals surface area contributed by atoms with E-state index in [2.05, 4.69) is 41.5 Å². The minimum absolute atomic E-state index is 0.0241. The molecule has 3 atom stereocenters. The number of ether oxygens (including phenoxy) is 2. The predicted molar refractivity (Wildman–Crippen MR) is 80.2 cm³/mol. The van der Waals surface area contributed by atoms with Crippen LogP contribution in [-0.2, 0) is 9.47 Å². The van der Waals surface area contributed by atoms with E-state index in [0.717, 1.165) is 15.0 Å². The lowest BCUT2D eigenvalue weighted by Gasteiger charge is -2.42. The van der Waals surface area contributed by atoms with E-state index >= 15 is 0 Å². The Bertz CT molecular complexity index is 215. The smallest absolute Gasteiger partial charge is 0.162 e. The van der Waals surface area contributed by atoms with Crippen molar-refractivity contribution in [2.24, 2.45) is 17.8 Å². The molecule has 1 aliphatic rings. The molecule has 18 heavy (non-hydrogen) atoms. The summed E-state index contributed by atoms with van der Waals surface area (Å²) in [5.74, 6) is 2.52. The number of rotatable bonds is 6. The summed E-state index contributed by atoms with van der Waals surface area (Å²) in [6, 6.07) is 0. The summed E-state index contributed by atoms with van der Waals surface area (Å²) in [5.41, 5.74) is 0. The van der Waals surface area contributed by atoms with Crippen LogP contribution >= 0.6 is 8.58 Å². The lowest BCUT2D eigenvalue weighted by Crippen LogP contribution is -2.41. The summed E-state index contributed by atoms with van der Waals surface area (Å²) in [6.07, 6.45) is 3.59. The van der Waals surface area contributed by atoms with Crippen LogP contribution in [0.5, 0.6) is 0 Å². The standard InChI is InChI=1S/C15H31O2P/c1-7-9-12(8-2)13-16-14(10(3)4)18-15(17-13)11(5)6/h10-15,18H,7-9H2,1-6H3. The number of hydrogen-bond donors (Lipinski definition) is 0. The molecule has 0 aliphatic carbocycles. The zero-order chi connectivity index (χ0) is 13.7. The largest absolute Gasteiger partial charge is 0.345 e. The van der Waals surface area contributed by atoms with Gasteiger partial charge in [-0.2, -0.15) is 0 Å². The van der Waals surface area contributed by atoms with Crippen LogP contribution < -0.4 is 0 Å². The van der Waals surface area contributed by atoms with Gasteiger partial charge in [-0.3, -0.25) is 0 Å². The van der Waals surface area contributed by atoms with Crippen molar-refractivity contribution in [3.63, 3.8) is 0 Å². The minimum atomic E-state index is 0.0241. The first-order chi connectivity index (χ1) is 8.49. The summed E-state index contributed by atoms with van der Waals surface area (Å²) < 4.78 is 12.4. The highest BCUT2D eigenvalue weighted by molar-refractivity contribution is 7.39. The minimum Gasteiger partial charge on any atom is -0.345 e. The molecule has 3 heteroatoms. The van der Waals surface area contributed by atoms with Crippen molar-refractivity contribution in [2.45, 2.75) is 78.8 Å². The van der Waals surface area contributed by atoms with Crippen molar-refractivity contribution in [3.05, 3.63) is 0 Å². The fourth-order valence-electron chi connectivity index (χ4n) is 2.39. The Morgan fingerprint density at radius 1 is 0.944 bits per heavy atom. The van der Waals surface area contributed by atoms with Crippen molar-refractivity contribution in [1.82, 2.24) is 0 Å². The Kier molecular flexibility index (Phi) is 7.13. The van der Waals surface area contributed by atoms with Crippen molar-refractivity contribution >= 4 is 8.58 Å². The summed E-state index contributed by atoms with van der Waals surface area (Å²) in [7, 11) is 0.782. The molecule has 0 bridgehead atoms. The van der Waals surface area contributed by atoms with Gasteiger partial charge in [-0.05, 0) is 24.7 Å². The number of hydrogen-bond acceptors (Lipinski definition) is 2. The second-order valence-corrected chi connectivity index (χ2v) is 7.56. The van der Waals surface area contributed by atoms with Gasteiger partial charge in [0.25, 0.3) is 0 Å². The molecule has 1 fully saturated rings. The van der Waals surface area contributed by atoms with Gasteiger partial charge in [-0.1, -0.05) is 56.5 Å². The molecule has 0 N–H and O–H groups in total. The van der Waals surface area contributed by atoms with Crippen LogP contribution in [0.1, 0.15) is 60.8 Å². The summed E-state index contributed by atoms with van der Waals surface area (Å²) in [6.45, 7) is 13.5. The molecule has 0 radical (unpaired) electrons. The first-order valence-corrected chi connectivity index (χ1v) is 8.71. The molecule has 1 saturated heterocycles. The van der Waals surface area contributed by atoms with Gasteiger partial charge in [0, 0.05) is 5.92 Å². The van der Waals surface area contributed by atoms with E-state index in [1.807, 2.05) is 0 Å². The van der Waals surface area contributed by atoms with Gasteiger partial charge in [-0.15, -0.1) is 0 Å². The molecule has 1 heterocycles. The highest BCUT2D eigenvalue weighted by Gasteiger charge is 2.36. The molecule has 1 rings (SSSR count). The molecule has 0 aromatic rings. The zero-order valence-electron chi connectivity index (χ0n) is 12.9. The monoisotopic (exact) mass is 274 g/mol. The Labute approximate surface area is 115 Å². The predicted octanol–water partition coefficient (Wildman–Crippen LogP) is 4.83. The molecule has 0 aromatic heterocycles. The third-order valence-electron chi connectivity index (χ3n) is 3.67. The van der Waals surface area contributed by atoms with Crippen molar-refractivity contribution in [3.8, 4) is 0 Å². The maximum absolute atomic E-state index is 6.22. The zero-order valence-corrected chi connectivity index (χ0v) is 13.9. The van der Waals surface area contributed by atoms with E-state index < -0.39 is 0 Å². The molecular formula is C15H31O2P. The Morgan fingerprint density at radius 3 is 1.78 bits per heavy atom. The molecule has 3 unspecified atom stereocenters. The topological polar surface area (TPSA) is 18.5 Å². The molecule has 0 saturated carbocycles. The highest BCUT2D eigenvalue weighted by atomic mass is 31.1. The van der Waals surface area contributed by atoms with E-state index in [0.29, 0.717) is 29.4 Å². The van der Waals surface area contributed by atoms with Gasteiger partial charge in [0.15, 0.2) is 6.29 Å². The normalized spacial score (nSPS) is 32.3. The lowest BCUT2D eigenvalue weighted by atomic mass is 10.00. The van der Waals surface area contributed by atoms with Crippen molar-refractivity contribution < 1.29 is 9.47 Å². The van der Waals surface area contributed by atoms with Crippen LogP contribution in [0, 0.1) is 17.8 Å². The molecule has 0 amide bonds. The van der Waals surface area contributed by atoms with Crippen LogP contribution in [0.25, 0.3) is 0 Å². The first-order valence-electron chi connectivity index (χ1n) is 7.56. The van der Waals surface area contributed by atoms with Gasteiger partial charge in [0.1, 0.15) is 0 Å². The highest BCUT2D eigenvalue weighted by Crippen LogP contribution is 2.43. The van der Waals surface area contributed by atoms with Gasteiger partial charge < -0.3 is 9.47 Å². The van der Waals surface area contributed by atoms with Crippen molar-refractivity contribution in [1.29, 1.82) is 0 Å². The third-order valence-corrected chi connectivity index (χ3v) is 5.93. The first kappa shape index (κ1) is 16.4. The molecule has 1 aliphatic heterocycles. The third kappa shape index (κ3) is 4.47. The SMILES string of the molecule is CCCC(CC)C1OC(C(C)C)PC(C(C)C)O1. The second-order valence-electron chi connectivity index (χ2n) is 6.09. The average molecular weight is 274 g/mol. The van der Waals surface area contributed by atoms with E-state index in [4.69, 9.17) is 9.47 Å². The average Bonchev–Trinajstić information content (AvgIpc) is 2.35. The molecule has 2 nitrogen and oxygen atoms in total. The summed E-state index contributed by atoms with van der Waals surface area (Å²) >= 11 is 0. The maximum Gasteiger partial charge on any atom is 0.162 e. The second kappa shape index (κ2) is 7.82. The van der Waals surface area contributed by atoms with Gasteiger partial charge >= 0.3 is 0 Å². The van der Waals surface area contributed by atoms with Crippen LogP contribution in [0.15, 0.2) is 0 Å². The van der Waals surface area contributed by atoms with E-state index in [1.165, 1.54) is 12.8 Å². The van der Waals surface area contributed by atoms with Gasteiger partial charge in [0.2, 0.25) is 0 Å². The van der Waals surface area contributed by atoms with Crippen LogP contribution in [0.3, 0.4) is 0 Å². The Hall–Kier alpha value is 0.350. The quantitative estimate of drug-likeness (QED) is 0.646. The molecule has 0 aromatic carbocycles. The van der Waals surface area contributed by atoms with Crippen LogP contribution in [-0.4, -0.2) is 18.0 Å². The Balaban J connectivity index is 2.71. The maximum atomic E-state index is 6.22. The fourth-order valence-corrected chi connectivity index (χ4v) is 3.91. The Morgan fingerprint density at radius 2 is 1.44 bits per heavy atom. The van der Waals surface area contributed by atoms with Crippen molar-refractivity contribution in [2.75, 3.05) is 0 Å². The molecule has 0 spiro atoms. The summed E-state index contributed by atoms with van der Waals surface area (Å²) in [5, 5.41) is 0. The lowest BCUT2D eigenvalue weighted by molar-refractivity contribution is -0.217. The van der Waals surface area contributed by atoms with Crippen LogP contribution in [0.2, 0.25) is 0 Å².